The lowest BCUT2D eigenvalue weighted by molar-refractivity contribution is 0.0703. The largest absolute Gasteiger partial charge is 0.507 e. The molecular weight excluding hydrogens is 324 g/mol. The highest BCUT2D eigenvalue weighted by Crippen LogP contribution is 2.24. The molecule has 6 heteroatoms. The quantitative estimate of drug-likeness (QED) is 0.755. The van der Waals surface area contributed by atoms with E-state index in [-0.39, 0.29) is 36.4 Å². The van der Waals surface area contributed by atoms with Crippen LogP contribution >= 0.6 is 15.9 Å². The molecule has 1 aliphatic heterocycles. The first-order chi connectivity index (χ1) is 9.61. The second-order valence-electron chi connectivity index (χ2n) is 4.93. The van der Waals surface area contributed by atoms with E-state index < -0.39 is 0 Å². The van der Waals surface area contributed by atoms with Crippen LogP contribution in [0.3, 0.4) is 0 Å². The summed E-state index contributed by atoms with van der Waals surface area (Å²) in [7, 11) is 0. The number of amides is 1. The number of hydrogen-bond donors (Lipinski definition) is 3. The van der Waals surface area contributed by atoms with Crippen molar-refractivity contribution in [2.75, 3.05) is 26.2 Å². The Kier molecular flexibility index (Phi) is 5.39. The number of aromatic hydroxyl groups is 1. The summed E-state index contributed by atoms with van der Waals surface area (Å²) in [6, 6.07) is 5.08. The van der Waals surface area contributed by atoms with Crippen LogP contribution in [-0.4, -0.2) is 53.3 Å². The molecule has 1 fully saturated rings. The van der Waals surface area contributed by atoms with E-state index in [1.54, 1.807) is 17.0 Å². The summed E-state index contributed by atoms with van der Waals surface area (Å²) in [5.74, 6) is -0.301. The fraction of sp³-hybridized carbons (Fsp3) is 0.500. The summed E-state index contributed by atoms with van der Waals surface area (Å²) in [6.07, 6.45) is 2.14. The number of carbonyl (C=O) groups is 1. The van der Waals surface area contributed by atoms with E-state index in [4.69, 9.17) is 5.11 Å². The topological polar surface area (TPSA) is 72.8 Å². The van der Waals surface area contributed by atoms with Gasteiger partial charge in [0.25, 0.3) is 5.91 Å². The van der Waals surface area contributed by atoms with E-state index in [0.29, 0.717) is 6.54 Å². The third kappa shape index (κ3) is 3.71. The minimum atomic E-state index is -0.252. The molecule has 1 aliphatic rings. The molecule has 0 aromatic heterocycles. The van der Waals surface area contributed by atoms with Crippen molar-refractivity contribution < 1.29 is 15.0 Å². The van der Waals surface area contributed by atoms with E-state index in [2.05, 4.69) is 21.2 Å². The number of carbonyl (C=O) groups excluding carboxylic acids is 1. The zero-order valence-electron chi connectivity index (χ0n) is 11.2. The second kappa shape index (κ2) is 7.06. The van der Waals surface area contributed by atoms with Gasteiger partial charge in [0.1, 0.15) is 5.75 Å². The molecule has 0 radical (unpaired) electrons. The molecule has 1 heterocycles. The molecule has 2 rings (SSSR count). The summed E-state index contributed by atoms with van der Waals surface area (Å²) >= 11 is 3.25. The fourth-order valence-corrected chi connectivity index (χ4v) is 2.78. The van der Waals surface area contributed by atoms with Gasteiger partial charge < -0.3 is 20.4 Å². The number of rotatable bonds is 5. The summed E-state index contributed by atoms with van der Waals surface area (Å²) in [5, 5.41) is 22.3. The molecule has 3 N–H and O–H groups in total. The Balaban J connectivity index is 2.12. The van der Waals surface area contributed by atoms with Crippen LogP contribution in [0.4, 0.5) is 0 Å². The van der Waals surface area contributed by atoms with E-state index in [0.717, 1.165) is 23.9 Å². The van der Waals surface area contributed by atoms with Crippen LogP contribution < -0.4 is 5.32 Å². The molecule has 1 saturated heterocycles. The van der Waals surface area contributed by atoms with Gasteiger partial charge in [-0.3, -0.25) is 4.79 Å². The molecular formula is C14H19BrN2O3. The minimum Gasteiger partial charge on any atom is -0.507 e. The van der Waals surface area contributed by atoms with Crippen LogP contribution in [0, 0.1) is 0 Å². The molecule has 5 nitrogen and oxygen atoms in total. The highest BCUT2D eigenvalue weighted by Gasteiger charge is 2.23. The first kappa shape index (κ1) is 15.3. The van der Waals surface area contributed by atoms with Crippen LogP contribution in [0.2, 0.25) is 0 Å². The van der Waals surface area contributed by atoms with Crippen LogP contribution in [0.1, 0.15) is 23.2 Å². The number of phenolic OH excluding ortho intramolecular Hbond substituents is 1. The van der Waals surface area contributed by atoms with Gasteiger partial charge in [0.05, 0.1) is 12.2 Å². The maximum atomic E-state index is 12.5. The minimum absolute atomic E-state index is 0.0494. The van der Waals surface area contributed by atoms with Crippen LogP contribution in [0.25, 0.3) is 0 Å². The van der Waals surface area contributed by atoms with E-state index in [1.807, 2.05) is 0 Å². The van der Waals surface area contributed by atoms with Gasteiger partial charge in [-0.25, -0.2) is 0 Å². The van der Waals surface area contributed by atoms with Crippen molar-refractivity contribution >= 4 is 21.8 Å². The Morgan fingerprint density at radius 3 is 2.90 bits per heavy atom. The Labute approximate surface area is 126 Å². The third-order valence-electron chi connectivity index (χ3n) is 3.45. The molecule has 20 heavy (non-hydrogen) atoms. The predicted molar refractivity (Wildman–Crippen MR) is 79.8 cm³/mol. The third-order valence-corrected chi connectivity index (χ3v) is 3.94. The summed E-state index contributed by atoms with van der Waals surface area (Å²) < 4.78 is 0.720. The highest BCUT2D eigenvalue weighted by atomic mass is 79.9. The zero-order chi connectivity index (χ0) is 14.5. The number of nitrogens with one attached hydrogen (secondary N) is 1. The molecule has 1 atom stereocenters. The summed E-state index contributed by atoms with van der Waals surface area (Å²) in [4.78, 5) is 14.1. The fourth-order valence-electron chi connectivity index (χ4n) is 2.43. The van der Waals surface area contributed by atoms with Crippen molar-refractivity contribution in [3.05, 3.63) is 28.2 Å². The molecule has 110 valence electrons. The van der Waals surface area contributed by atoms with Gasteiger partial charge in [-0.1, -0.05) is 15.9 Å². The molecule has 0 aliphatic carbocycles. The van der Waals surface area contributed by atoms with E-state index in [1.165, 1.54) is 6.07 Å². The lowest BCUT2D eigenvalue weighted by Gasteiger charge is -2.25. The average molecular weight is 343 g/mol. The maximum absolute atomic E-state index is 12.5. The first-order valence-corrected chi connectivity index (χ1v) is 7.53. The van der Waals surface area contributed by atoms with Crippen molar-refractivity contribution in [2.24, 2.45) is 0 Å². The lowest BCUT2D eigenvalue weighted by Crippen LogP contribution is -2.42. The van der Waals surface area contributed by atoms with Crippen molar-refractivity contribution in [1.29, 1.82) is 0 Å². The van der Waals surface area contributed by atoms with Crippen LogP contribution in [-0.2, 0) is 0 Å². The monoisotopic (exact) mass is 342 g/mol. The predicted octanol–water partition coefficient (Wildman–Crippen LogP) is 1.34. The van der Waals surface area contributed by atoms with Gasteiger partial charge in [-0.05, 0) is 37.6 Å². The SMILES string of the molecule is O=C(c1ccc(Br)cc1O)N(CCO)CC1CCCN1. The number of aliphatic hydroxyl groups is 1. The van der Waals surface area contributed by atoms with Crippen molar-refractivity contribution in [1.82, 2.24) is 10.2 Å². The highest BCUT2D eigenvalue weighted by molar-refractivity contribution is 9.10. The van der Waals surface area contributed by atoms with Gasteiger partial charge >= 0.3 is 0 Å². The van der Waals surface area contributed by atoms with Gasteiger partial charge in [0, 0.05) is 23.6 Å². The summed E-state index contributed by atoms with van der Waals surface area (Å²) in [5.41, 5.74) is 0.264. The molecule has 1 amide bonds. The molecule has 1 aromatic carbocycles. The Hall–Kier alpha value is -1.11. The average Bonchev–Trinajstić information content (AvgIpc) is 2.90. The first-order valence-electron chi connectivity index (χ1n) is 6.74. The number of hydrogen-bond acceptors (Lipinski definition) is 4. The van der Waals surface area contributed by atoms with Crippen molar-refractivity contribution in [3.63, 3.8) is 0 Å². The van der Waals surface area contributed by atoms with Crippen molar-refractivity contribution in [3.8, 4) is 5.75 Å². The second-order valence-corrected chi connectivity index (χ2v) is 5.85. The van der Waals surface area contributed by atoms with Gasteiger partial charge in [0.2, 0.25) is 0 Å². The summed E-state index contributed by atoms with van der Waals surface area (Å²) in [6.45, 7) is 1.70. The number of aliphatic hydroxyl groups excluding tert-OH is 1. The van der Waals surface area contributed by atoms with E-state index in [9.17, 15) is 9.90 Å². The number of nitrogens with zero attached hydrogens (tertiary/aromatic N) is 1. The van der Waals surface area contributed by atoms with E-state index >= 15 is 0 Å². The number of phenols is 1. The Morgan fingerprint density at radius 2 is 2.30 bits per heavy atom. The molecule has 1 unspecified atom stereocenters. The Morgan fingerprint density at radius 1 is 1.50 bits per heavy atom. The van der Waals surface area contributed by atoms with Gasteiger partial charge in [0.15, 0.2) is 0 Å². The molecule has 0 saturated carbocycles. The van der Waals surface area contributed by atoms with Gasteiger partial charge in [-0.2, -0.15) is 0 Å². The van der Waals surface area contributed by atoms with Crippen LogP contribution in [0.5, 0.6) is 5.75 Å². The van der Waals surface area contributed by atoms with Crippen molar-refractivity contribution in [2.45, 2.75) is 18.9 Å². The zero-order valence-corrected chi connectivity index (χ0v) is 12.8. The lowest BCUT2D eigenvalue weighted by atomic mass is 10.1. The molecule has 1 aromatic rings. The molecule has 0 spiro atoms. The number of benzene rings is 1. The number of halogens is 1. The standard InChI is InChI=1S/C14H19BrN2O3/c15-10-3-4-12(13(19)8-10)14(20)17(6-7-18)9-11-2-1-5-16-11/h3-4,8,11,16,18-19H,1-2,5-7,9H2. The smallest absolute Gasteiger partial charge is 0.257 e. The Bertz CT molecular complexity index is 475. The normalized spacial score (nSPS) is 18.2. The van der Waals surface area contributed by atoms with Crippen LogP contribution in [0.15, 0.2) is 22.7 Å². The van der Waals surface area contributed by atoms with Gasteiger partial charge in [-0.15, -0.1) is 0 Å². The maximum Gasteiger partial charge on any atom is 0.257 e. The molecule has 0 bridgehead atoms.